The van der Waals surface area contributed by atoms with E-state index in [0.29, 0.717) is 6.54 Å². The summed E-state index contributed by atoms with van der Waals surface area (Å²) in [4.78, 5) is 21.7. The normalized spacial score (nSPS) is 19.2. The van der Waals surface area contributed by atoms with Crippen LogP contribution in [0, 0.1) is 6.92 Å². The molecule has 2 aliphatic heterocycles. The van der Waals surface area contributed by atoms with Gasteiger partial charge in [0.1, 0.15) is 5.76 Å². The van der Waals surface area contributed by atoms with Crippen LogP contribution in [-0.2, 0) is 11.3 Å². The van der Waals surface area contributed by atoms with Crippen LogP contribution in [0.15, 0.2) is 40.9 Å². The van der Waals surface area contributed by atoms with Crippen molar-refractivity contribution < 1.29 is 9.32 Å². The maximum absolute atomic E-state index is 12.7. The number of hydrogen-bond donors (Lipinski definition) is 0. The molecule has 2 aliphatic rings. The van der Waals surface area contributed by atoms with E-state index in [9.17, 15) is 4.79 Å². The molecule has 3 heterocycles. The molecular weight excluding hydrogens is 354 g/mol. The SMILES string of the molecule is Cc1cc(CN2CCN(C(=O)CN3CCN(c4ccccc4)CC3)CC2)no1. The van der Waals surface area contributed by atoms with Gasteiger partial charge in [0.25, 0.3) is 0 Å². The van der Waals surface area contributed by atoms with Crippen molar-refractivity contribution in [2.45, 2.75) is 13.5 Å². The number of aryl methyl sites for hydroxylation is 1. The van der Waals surface area contributed by atoms with Gasteiger partial charge in [-0.2, -0.15) is 0 Å². The molecule has 0 bridgehead atoms. The van der Waals surface area contributed by atoms with Crippen molar-refractivity contribution in [2.24, 2.45) is 0 Å². The second kappa shape index (κ2) is 8.75. The van der Waals surface area contributed by atoms with Crippen molar-refractivity contribution in [2.75, 3.05) is 63.8 Å². The molecular formula is C21H29N5O2. The fourth-order valence-corrected chi connectivity index (χ4v) is 3.97. The van der Waals surface area contributed by atoms with Crippen LogP contribution in [0.3, 0.4) is 0 Å². The summed E-state index contributed by atoms with van der Waals surface area (Å²) in [6.07, 6.45) is 0. The molecule has 2 aromatic rings. The van der Waals surface area contributed by atoms with E-state index in [1.54, 1.807) is 0 Å². The summed E-state index contributed by atoms with van der Waals surface area (Å²) in [6.45, 7) is 10.4. The first-order chi connectivity index (χ1) is 13.7. The molecule has 7 heteroatoms. The summed E-state index contributed by atoms with van der Waals surface area (Å²) in [7, 11) is 0. The Kier molecular flexibility index (Phi) is 5.92. The van der Waals surface area contributed by atoms with Crippen molar-refractivity contribution in [1.82, 2.24) is 19.9 Å². The number of rotatable bonds is 5. The van der Waals surface area contributed by atoms with Crippen LogP contribution < -0.4 is 4.90 Å². The van der Waals surface area contributed by atoms with Gasteiger partial charge in [0.15, 0.2) is 0 Å². The Hall–Kier alpha value is -2.38. The first-order valence-corrected chi connectivity index (χ1v) is 10.1. The van der Waals surface area contributed by atoms with E-state index in [1.165, 1.54) is 5.69 Å². The Morgan fingerprint density at radius 1 is 0.964 bits per heavy atom. The molecule has 28 heavy (non-hydrogen) atoms. The van der Waals surface area contributed by atoms with Gasteiger partial charge in [0.05, 0.1) is 12.2 Å². The summed E-state index contributed by atoms with van der Waals surface area (Å²) in [5, 5.41) is 4.06. The van der Waals surface area contributed by atoms with Gasteiger partial charge >= 0.3 is 0 Å². The average molecular weight is 383 g/mol. The minimum absolute atomic E-state index is 0.255. The molecule has 0 spiro atoms. The molecule has 0 saturated carbocycles. The molecule has 150 valence electrons. The maximum atomic E-state index is 12.7. The molecule has 0 unspecified atom stereocenters. The molecule has 0 N–H and O–H groups in total. The fourth-order valence-electron chi connectivity index (χ4n) is 3.97. The highest BCUT2D eigenvalue weighted by molar-refractivity contribution is 5.78. The first kappa shape index (κ1) is 19.0. The summed E-state index contributed by atoms with van der Waals surface area (Å²) < 4.78 is 5.14. The molecule has 0 aliphatic carbocycles. The van der Waals surface area contributed by atoms with Gasteiger partial charge in [-0.15, -0.1) is 0 Å². The van der Waals surface area contributed by atoms with Crippen LogP contribution in [0.1, 0.15) is 11.5 Å². The lowest BCUT2D eigenvalue weighted by molar-refractivity contribution is -0.134. The summed E-state index contributed by atoms with van der Waals surface area (Å²) in [5.74, 6) is 1.10. The lowest BCUT2D eigenvalue weighted by Crippen LogP contribution is -2.53. The predicted molar refractivity (Wildman–Crippen MR) is 108 cm³/mol. The van der Waals surface area contributed by atoms with Crippen molar-refractivity contribution in [3.8, 4) is 0 Å². The van der Waals surface area contributed by atoms with Crippen molar-refractivity contribution in [3.63, 3.8) is 0 Å². The van der Waals surface area contributed by atoms with Crippen molar-refractivity contribution in [3.05, 3.63) is 47.9 Å². The number of nitrogens with zero attached hydrogens (tertiary/aromatic N) is 5. The summed E-state index contributed by atoms with van der Waals surface area (Å²) >= 11 is 0. The number of hydrogen-bond acceptors (Lipinski definition) is 6. The number of anilines is 1. The monoisotopic (exact) mass is 383 g/mol. The minimum Gasteiger partial charge on any atom is -0.369 e. The third-order valence-electron chi connectivity index (χ3n) is 5.64. The Balaban J connectivity index is 1.19. The molecule has 1 aromatic heterocycles. The highest BCUT2D eigenvalue weighted by Crippen LogP contribution is 2.16. The Morgan fingerprint density at radius 3 is 2.29 bits per heavy atom. The highest BCUT2D eigenvalue weighted by atomic mass is 16.5. The zero-order chi connectivity index (χ0) is 19.3. The van der Waals surface area contributed by atoms with E-state index in [-0.39, 0.29) is 5.91 Å². The summed E-state index contributed by atoms with van der Waals surface area (Å²) in [5.41, 5.74) is 2.24. The number of carbonyl (C=O) groups excluding carboxylic acids is 1. The fraction of sp³-hybridized carbons (Fsp3) is 0.524. The van der Waals surface area contributed by atoms with E-state index >= 15 is 0 Å². The largest absolute Gasteiger partial charge is 0.369 e. The van der Waals surface area contributed by atoms with Gasteiger partial charge in [-0.05, 0) is 19.1 Å². The third-order valence-corrected chi connectivity index (χ3v) is 5.64. The predicted octanol–water partition coefficient (Wildman–Crippen LogP) is 1.45. The van der Waals surface area contributed by atoms with Crippen LogP contribution in [0.5, 0.6) is 0 Å². The smallest absolute Gasteiger partial charge is 0.236 e. The number of carbonyl (C=O) groups is 1. The van der Waals surface area contributed by atoms with Crippen molar-refractivity contribution in [1.29, 1.82) is 0 Å². The van der Waals surface area contributed by atoms with Crippen LogP contribution in [0.25, 0.3) is 0 Å². The lowest BCUT2D eigenvalue weighted by Gasteiger charge is -2.38. The van der Waals surface area contributed by atoms with Gasteiger partial charge in [-0.3, -0.25) is 14.6 Å². The van der Waals surface area contributed by atoms with Gasteiger partial charge in [0.2, 0.25) is 5.91 Å². The van der Waals surface area contributed by atoms with E-state index in [4.69, 9.17) is 4.52 Å². The molecule has 1 aromatic carbocycles. The summed E-state index contributed by atoms with van der Waals surface area (Å²) in [6, 6.07) is 12.5. The Labute approximate surface area is 166 Å². The lowest BCUT2D eigenvalue weighted by atomic mass is 10.2. The molecule has 0 atom stereocenters. The van der Waals surface area contributed by atoms with Crippen LogP contribution in [-0.4, -0.2) is 84.7 Å². The van der Waals surface area contributed by atoms with Crippen molar-refractivity contribution >= 4 is 11.6 Å². The molecule has 4 rings (SSSR count). The van der Waals surface area contributed by atoms with Crippen LogP contribution in [0.4, 0.5) is 5.69 Å². The van der Waals surface area contributed by atoms with Gasteiger partial charge in [0, 0.05) is 70.7 Å². The number of benzene rings is 1. The second-order valence-corrected chi connectivity index (χ2v) is 7.68. The molecule has 1 amide bonds. The highest BCUT2D eigenvalue weighted by Gasteiger charge is 2.25. The van der Waals surface area contributed by atoms with Crippen LogP contribution in [0.2, 0.25) is 0 Å². The molecule has 2 fully saturated rings. The van der Waals surface area contributed by atoms with E-state index < -0.39 is 0 Å². The average Bonchev–Trinajstić information content (AvgIpc) is 3.14. The molecule has 7 nitrogen and oxygen atoms in total. The second-order valence-electron chi connectivity index (χ2n) is 7.68. The van der Waals surface area contributed by atoms with E-state index in [1.807, 2.05) is 24.0 Å². The number of aromatic nitrogens is 1. The number of piperazine rings is 2. The van der Waals surface area contributed by atoms with Gasteiger partial charge in [-0.25, -0.2) is 0 Å². The number of para-hydroxylation sites is 1. The molecule has 2 saturated heterocycles. The topological polar surface area (TPSA) is 56.1 Å². The number of amides is 1. The standard InChI is InChI=1S/C21H29N5O2/c1-18-15-19(22-28-18)16-23-9-13-26(14-10-23)21(27)17-24-7-11-25(12-8-24)20-5-3-2-4-6-20/h2-6,15H,7-14,16-17H2,1H3. The molecule has 0 radical (unpaired) electrons. The zero-order valence-corrected chi connectivity index (χ0v) is 16.6. The minimum atomic E-state index is 0.255. The Bertz CT molecular complexity index is 762. The Morgan fingerprint density at radius 2 is 1.64 bits per heavy atom. The van der Waals surface area contributed by atoms with Crippen LogP contribution >= 0.6 is 0 Å². The maximum Gasteiger partial charge on any atom is 0.236 e. The van der Waals surface area contributed by atoms with E-state index in [0.717, 1.165) is 70.4 Å². The van der Waals surface area contributed by atoms with Gasteiger partial charge < -0.3 is 14.3 Å². The zero-order valence-electron chi connectivity index (χ0n) is 16.6. The first-order valence-electron chi connectivity index (χ1n) is 10.1. The third kappa shape index (κ3) is 4.72. The van der Waals surface area contributed by atoms with E-state index in [2.05, 4.69) is 44.1 Å². The van der Waals surface area contributed by atoms with Gasteiger partial charge in [-0.1, -0.05) is 23.4 Å². The quantitative estimate of drug-likeness (QED) is 0.779.